The molecule has 2 aromatic rings. The van der Waals surface area contributed by atoms with Crippen LogP contribution in [0, 0.1) is 13.8 Å². The summed E-state index contributed by atoms with van der Waals surface area (Å²) in [5.74, 6) is 0. The lowest BCUT2D eigenvalue weighted by atomic mass is 10.1. The van der Waals surface area contributed by atoms with Gasteiger partial charge >= 0.3 is 0 Å². The minimum absolute atomic E-state index is 0.231. The molecular weight excluding hydrogens is 322 g/mol. The number of halogens is 2. The van der Waals surface area contributed by atoms with E-state index in [4.69, 9.17) is 11.6 Å². The highest BCUT2D eigenvalue weighted by molar-refractivity contribution is 9.10. The number of hydrogen-bond acceptors (Lipinski definition) is 1. The zero-order valence-corrected chi connectivity index (χ0v) is 13.6. The van der Waals surface area contributed by atoms with Crippen molar-refractivity contribution in [1.82, 2.24) is 0 Å². The van der Waals surface area contributed by atoms with E-state index in [0.717, 1.165) is 15.2 Å². The largest absolute Gasteiger partial charge is 0.377 e. The molecule has 1 N–H and O–H groups in total. The Labute approximate surface area is 128 Å². The van der Waals surface area contributed by atoms with Gasteiger partial charge < -0.3 is 5.32 Å². The second-order valence-electron chi connectivity index (χ2n) is 4.86. The van der Waals surface area contributed by atoms with Crippen LogP contribution in [0.4, 0.5) is 5.69 Å². The maximum atomic E-state index is 5.92. The van der Waals surface area contributed by atoms with Crippen LogP contribution in [0.5, 0.6) is 0 Å². The highest BCUT2D eigenvalue weighted by Crippen LogP contribution is 2.31. The van der Waals surface area contributed by atoms with Gasteiger partial charge in [-0.05, 0) is 71.6 Å². The van der Waals surface area contributed by atoms with E-state index in [-0.39, 0.29) is 6.04 Å². The van der Waals surface area contributed by atoms with E-state index in [2.05, 4.69) is 66.3 Å². The van der Waals surface area contributed by atoms with E-state index in [1.165, 1.54) is 16.7 Å². The molecule has 100 valence electrons. The van der Waals surface area contributed by atoms with E-state index in [1.54, 1.807) is 0 Å². The molecule has 0 aliphatic carbocycles. The van der Waals surface area contributed by atoms with Gasteiger partial charge in [-0.3, -0.25) is 0 Å². The first-order valence-corrected chi connectivity index (χ1v) is 7.43. The Morgan fingerprint density at radius 3 is 2.32 bits per heavy atom. The fraction of sp³-hybridized carbons (Fsp3) is 0.250. The van der Waals surface area contributed by atoms with Crippen LogP contribution in [0.3, 0.4) is 0 Å². The van der Waals surface area contributed by atoms with E-state index < -0.39 is 0 Å². The highest BCUT2D eigenvalue weighted by atomic mass is 79.9. The maximum Gasteiger partial charge on any atom is 0.0519 e. The molecule has 0 bridgehead atoms. The summed E-state index contributed by atoms with van der Waals surface area (Å²) in [5, 5.41) is 4.32. The van der Waals surface area contributed by atoms with Crippen molar-refractivity contribution in [3.05, 3.63) is 62.6 Å². The Morgan fingerprint density at radius 2 is 1.74 bits per heavy atom. The molecule has 0 aliphatic rings. The first-order valence-electron chi connectivity index (χ1n) is 6.26. The molecule has 2 aromatic carbocycles. The van der Waals surface area contributed by atoms with Crippen molar-refractivity contribution in [1.29, 1.82) is 0 Å². The zero-order chi connectivity index (χ0) is 14.0. The van der Waals surface area contributed by atoms with Gasteiger partial charge in [0.15, 0.2) is 0 Å². The molecule has 0 saturated heterocycles. The van der Waals surface area contributed by atoms with Crippen molar-refractivity contribution >= 4 is 33.2 Å². The monoisotopic (exact) mass is 337 g/mol. The molecule has 0 spiro atoms. The van der Waals surface area contributed by atoms with Crippen LogP contribution in [-0.2, 0) is 0 Å². The lowest BCUT2D eigenvalue weighted by Crippen LogP contribution is -2.08. The van der Waals surface area contributed by atoms with E-state index in [0.29, 0.717) is 0 Å². The third-order valence-electron chi connectivity index (χ3n) is 3.16. The molecule has 0 radical (unpaired) electrons. The molecule has 1 unspecified atom stereocenters. The van der Waals surface area contributed by atoms with Crippen LogP contribution in [0.15, 0.2) is 40.9 Å². The Bertz CT molecular complexity index is 555. The topological polar surface area (TPSA) is 12.0 Å². The highest BCUT2D eigenvalue weighted by Gasteiger charge is 2.10. The van der Waals surface area contributed by atoms with Crippen molar-refractivity contribution in [3.63, 3.8) is 0 Å². The molecule has 0 heterocycles. The van der Waals surface area contributed by atoms with Crippen LogP contribution < -0.4 is 5.32 Å². The standard InChI is InChI=1S/C16H17BrClN/c1-10-8-11(2)16(15(17)9-10)19-12(3)13-4-6-14(18)7-5-13/h4-9,12,19H,1-3H3. The Hall–Kier alpha value is -0.990. The molecular formula is C16H17BrClN. The van der Waals surface area contributed by atoms with Gasteiger partial charge in [-0.25, -0.2) is 0 Å². The molecule has 0 saturated carbocycles. The number of hydrogen-bond donors (Lipinski definition) is 1. The van der Waals surface area contributed by atoms with Gasteiger partial charge in [0.1, 0.15) is 0 Å². The second-order valence-corrected chi connectivity index (χ2v) is 6.15. The summed E-state index contributed by atoms with van der Waals surface area (Å²) in [5.41, 5.74) is 4.87. The Kier molecular flexibility index (Phi) is 4.54. The van der Waals surface area contributed by atoms with Crippen LogP contribution >= 0.6 is 27.5 Å². The van der Waals surface area contributed by atoms with Crippen molar-refractivity contribution in [3.8, 4) is 0 Å². The van der Waals surface area contributed by atoms with Crippen LogP contribution in [0.1, 0.15) is 29.7 Å². The van der Waals surface area contributed by atoms with E-state index >= 15 is 0 Å². The molecule has 0 fully saturated rings. The van der Waals surface area contributed by atoms with Gasteiger partial charge in [0.05, 0.1) is 5.69 Å². The molecule has 19 heavy (non-hydrogen) atoms. The molecule has 3 heteroatoms. The third-order valence-corrected chi connectivity index (χ3v) is 4.04. The van der Waals surface area contributed by atoms with Crippen LogP contribution in [0.25, 0.3) is 0 Å². The van der Waals surface area contributed by atoms with Crippen molar-refractivity contribution in [2.45, 2.75) is 26.8 Å². The molecule has 2 rings (SSSR count). The van der Waals surface area contributed by atoms with Gasteiger partial charge in [-0.15, -0.1) is 0 Å². The maximum absolute atomic E-state index is 5.92. The van der Waals surface area contributed by atoms with Crippen LogP contribution in [-0.4, -0.2) is 0 Å². The fourth-order valence-corrected chi connectivity index (χ4v) is 3.06. The number of aryl methyl sites for hydroxylation is 2. The quantitative estimate of drug-likeness (QED) is 0.735. The summed E-state index contributed by atoms with van der Waals surface area (Å²) in [6.45, 7) is 6.37. The average Bonchev–Trinajstić information content (AvgIpc) is 2.34. The van der Waals surface area contributed by atoms with Gasteiger partial charge in [0, 0.05) is 15.5 Å². The summed E-state index contributed by atoms with van der Waals surface area (Å²) in [6, 6.07) is 12.5. The van der Waals surface area contributed by atoms with Crippen LogP contribution in [0.2, 0.25) is 5.02 Å². The smallest absolute Gasteiger partial charge is 0.0519 e. The minimum atomic E-state index is 0.231. The Balaban J connectivity index is 2.24. The summed E-state index contributed by atoms with van der Waals surface area (Å²) in [4.78, 5) is 0. The van der Waals surface area contributed by atoms with E-state index in [1.807, 2.05) is 12.1 Å². The lowest BCUT2D eigenvalue weighted by molar-refractivity contribution is 0.881. The normalized spacial score (nSPS) is 12.3. The van der Waals surface area contributed by atoms with Crippen molar-refractivity contribution in [2.75, 3.05) is 5.32 Å². The van der Waals surface area contributed by atoms with Crippen molar-refractivity contribution < 1.29 is 0 Å². The second kappa shape index (κ2) is 5.98. The first-order chi connectivity index (χ1) is 8.97. The molecule has 0 amide bonds. The SMILES string of the molecule is Cc1cc(C)c(NC(C)c2ccc(Cl)cc2)c(Br)c1. The van der Waals surface area contributed by atoms with E-state index in [9.17, 15) is 0 Å². The zero-order valence-electron chi connectivity index (χ0n) is 11.3. The molecule has 1 nitrogen and oxygen atoms in total. The minimum Gasteiger partial charge on any atom is -0.377 e. The fourth-order valence-electron chi connectivity index (χ4n) is 2.15. The summed E-state index contributed by atoms with van der Waals surface area (Å²) in [7, 11) is 0. The molecule has 0 aromatic heterocycles. The summed E-state index contributed by atoms with van der Waals surface area (Å²) in [6.07, 6.45) is 0. The summed E-state index contributed by atoms with van der Waals surface area (Å²) < 4.78 is 1.10. The number of nitrogens with one attached hydrogen (secondary N) is 1. The predicted octanol–water partition coefficient (Wildman–Crippen LogP) is 5.89. The van der Waals surface area contributed by atoms with Gasteiger partial charge in [-0.2, -0.15) is 0 Å². The summed E-state index contributed by atoms with van der Waals surface area (Å²) >= 11 is 9.54. The number of rotatable bonds is 3. The van der Waals surface area contributed by atoms with Gasteiger partial charge in [0.2, 0.25) is 0 Å². The lowest BCUT2D eigenvalue weighted by Gasteiger charge is -2.19. The first kappa shape index (κ1) is 14.4. The number of anilines is 1. The van der Waals surface area contributed by atoms with Crippen molar-refractivity contribution in [2.24, 2.45) is 0 Å². The number of benzene rings is 2. The van der Waals surface area contributed by atoms with Gasteiger partial charge in [0.25, 0.3) is 0 Å². The third kappa shape index (κ3) is 3.52. The predicted molar refractivity (Wildman–Crippen MR) is 87.1 cm³/mol. The van der Waals surface area contributed by atoms with Gasteiger partial charge in [-0.1, -0.05) is 29.8 Å². The molecule has 1 atom stereocenters. The Morgan fingerprint density at radius 1 is 1.11 bits per heavy atom. The average molecular weight is 339 g/mol. The molecule has 0 aliphatic heterocycles.